The highest BCUT2D eigenvalue weighted by atomic mass is 32.1. The van der Waals surface area contributed by atoms with Gasteiger partial charge in [0.1, 0.15) is 6.07 Å². The van der Waals surface area contributed by atoms with E-state index < -0.39 is 5.97 Å². The number of aryl methyl sites for hydroxylation is 1. The molecule has 0 aromatic carbocycles. The molecule has 3 aromatic rings. The van der Waals surface area contributed by atoms with Crippen molar-refractivity contribution < 1.29 is 9.53 Å². The van der Waals surface area contributed by atoms with Crippen LogP contribution in [0, 0.1) is 11.3 Å². The Labute approximate surface area is 130 Å². The standard InChI is InChI=1S/C15H12N4O2S/c1-2-19-14-11(9-17-19)10(15(20)21-6-5-16)8-12(18-14)13-4-3-7-22-13/h3-4,7-9H,2,6H2,1H3. The fraction of sp³-hybridized carbons (Fsp3) is 0.200. The van der Waals surface area contributed by atoms with Crippen LogP contribution in [0.3, 0.4) is 0 Å². The van der Waals surface area contributed by atoms with Crippen LogP contribution < -0.4 is 0 Å². The number of carbonyl (C=O) groups excluding carboxylic acids is 1. The molecule has 7 heteroatoms. The molecule has 0 saturated carbocycles. The number of nitriles is 1. The smallest absolute Gasteiger partial charge is 0.340 e. The number of carbonyl (C=O) groups is 1. The SMILES string of the molecule is CCn1ncc2c(C(=O)OCC#N)cc(-c3cccs3)nc21. The van der Waals surface area contributed by atoms with Crippen molar-refractivity contribution >= 4 is 28.3 Å². The van der Waals surface area contributed by atoms with Gasteiger partial charge in [-0.1, -0.05) is 6.07 Å². The predicted molar refractivity (Wildman–Crippen MR) is 82.4 cm³/mol. The van der Waals surface area contributed by atoms with Gasteiger partial charge in [0.05, 0.1) is 27.7 Å². The van der Waals surface area contributed by atoms with E-state index in [9.17, 15) is 4.79 Å². The molecule has 3 aromatic heterocycles. The van der Waals surface area contributed by atoms with Crippen molar-refractivity contribution in [1.29, 1.82) is 5.26 Å². The monoisotopic (exact) mass is 312 g/mol. The number of ether oxygens (including phenoxy) is 1. The maximum absolute atomic E-state index is 12.2. The highest BCUT2D eigenvalue weighted by Gasteiger charge is 2.18. The lowest BCUT2D eigenvalue weighted by molar-refractivity contribution is 0.0557. The molecule has 0 radical (unpaired) electrons. The molecule has 0 aliphatic carbocycles. The highest BCUT2D eigenvalue weighted by Crippen LogP contribution is 2.28. The summed E-state index contributed by atoms with van der Waals surface area (Å²) < 4.78 is 6.67. The molecule has 0 N–H and O–H groups in total. The number of thiophene rings is 1. The Hall–Kier alpha value is -2.72. The zero-order chi connectivity index (χ0) is 15.5. The third-order valence-corrected chi connectivity index (χ3v) is 4.06. The first-order valence-electron chi connectivity index (χ1n) is 6.69. The van der Waals surface area contributed by atoms with Gasteiger partial charge in [-0.3, -0.25) is 0 Å². The molecule has 0 aliphatic rings. The molecular formula is C15H12N4O2S. The van der Waals surface area contributed by atoms with Gasteiger partial charge in [0, 0.05) is 6.54 Å². The fourth-order valence-corrected chi connectivity index (χ4v) is 2.86. The van der Waals surface area contributed by atoms with E-state index in [4.69, 9.17) is 10.00 Å². The lowest BCUT2D eigenvalue weighted by Gasteiger charge is -2.06. The normalized spacial score (nSPS) is 10.5. The van der Waals surface area contributed by atoms with Crippen molar-refractivity contribution in [3.05, 3.63) is 35.3 Å². The zero-order valence-electron chi connectivity index (χ0n) is 11.8. The van der Waals surface area contributed by atoms with Gasteiger partial charge >= 0.3 is 5.97 Å². The molecular weight excluding hydrogens is 300 g/mol. The Morgan fingerprint density at radius 2 is 2.41 bits per heavy atom. The second-order valence-electron chi connectivity index (χ2n) is 4.46. The second kappa shape index (κ2) is 5.95. The second-order valence-corrected chi connectivity index (χ2v) is 5.41. The Morgan fingerprint density at radius 1 is 1.55 bits per heavy atom. The molecule has 0 amide bonds. The van der Waals surface area contributed by atoms with E-state index in [1.54, 1.807) is 34.4 Å². The predicted octanol–water partition coefficient (Wildman–Crippen LogP) is 2.86. The fourth-order valence-electron chi connectivity index (χ4n) is 2.17. The lowest BCUT2D eigenvalue weighted by Crippen LogP contribution is -2.07. The Morgan fingerprint density at radius 3 is 3.09 bits per heavy atom. The molecule has 3 heterocycles. The summed E-state index contributed by atoms with van der Waals surface area (Å²) in [5.74, 6) is -0.539. The topological polar surface area (TPSA) is 80.8 Å². The van der Waals surface area contributed by atoms with Crippen LogP contribution in [0.2, 0.25) is 0 Å². The maximum Gasteiger partial charge on any atom is 0.340 e. The van der Waals surface area contributed by atoms with Crippen LogP contribution in [0.1, 0.15) is 17.3 Å². The molecule has 0 atom stereocenters. The third kappa shape index (κ3) is 2.44. The van der Waals surface area contributed by atoms with Gasteiger partial charge in [0.25, 0.3) is 0 Å². The molecule has 0 aliphatic heterocycles. The summed E-state index contributed by atoms with van der Waals surface area (Å²) >= 11 is 1.54. The molecule has 0 saturated heterocycles. The molecule has 0 spiro atoms. The number of rotatable bonds is 4. The van der Waals surface area contributed by atoms with E-state index in [1.165, 1.54) is 0 Å². The Kier molecular flexibility index (Phi) is 3.85. The average Bonchev–Trinajstić information content (AvgIpc) is 3.20. The van der Waals surface area contributed by atoms with E-state index in [0.29, 0.717) is 28.8 Å². The summed E-state index contributed by atoms with van der Waals surface area (Å²) in [7, 11) is 0. The van der Waals surface area contributed by atoms with Gasteiger partial charge in [-0.2, -0.15) is 10.4 Å². The molecule has 110 valence electrons. The van der Waals surface area contributed by atoms with Gasteiger partial charge in [-0.05, 0) is 24.4 Å². The molecule has 6 nitrogen and oxygen atoms in total. The van der Waals surface area contributed by atoms with E-state index in [1.807, 2.05) is 24.4 Å². The van der Waals surface area contributed by atoms with Crippen molar-refractivity contribution in [2.24, 2.45) is 0 Å². The largest absolute Gasteiger partial charge is 0.447 e. The van der Waals surface area contributed by atoms with Crippen LogP contribution in [-0.2, 0) is 11.3 Å². The number of aromatic nitrogens is 3. The minimum atomic E-state index is -0.539. The minimum Gasteiger partial charge on any atom is -0.447 e. The number of esters is 1. The first-order chi connectivity index (χ1) is 10.7. The van der Waals surface area contributed by atoms with Gasteiger partial charge < -0.3 is 4.74 Å². The summed E-state index contributed by atoms with van der Waals surface area (Å²) in [6, 6.07) is 7.36. The van der Waals surface area contributed by atoms with Crippen molar-refractivity contribution in [3.8, 4) is 16.6 Å². The Balaban J connectivity index is 2.19. The van der Waals surface area contributed by atoms with Crippen LogP contribution in [0.15, 0.2) is 29.8 Å². The summed E-state index contributed by atoms with van der Waals surface area (Å²) in [4.78, 5) is 17.8. The van der Waals surface area contributed by atoms with Gasteiger partial charge in [-0.15, -0.1) is 11.3 Å². The van der Waals surface area contributed by atoms with Crippen molar-refractivity contribution in [1.82, 2.24) is 14.8 Å². The highest BCUT2D eigenvalue weighted by molar-refractivity contribution is 7.13. The summed E-state index contributed by atoms with van der Waals surface area (Å²) in [6.07, 6.45) is 1.60. The number of nitrogens with zero attached hydrogens (tertiary/aromatic N) is 4. The van der Waals surface area contributed by atoms with Gasteiger partial charge in [0.2, 0.25) is 0 Å². The maximum atomic E-state index is 12.2. The van der Waals surface area contributed by atoms with Crippen molar-refractivity contribution in [2.45, 2.75) is 13.5 Å². The minimum absolute atomic E-state index is 0.279. The van der Waals surface area contributed by atoms with Crippen LogP contribution in [-0.4, -0.2) is 27.3 Å². The van der Waals surface area contributed by atoms with Crippen molar-refractivity contribution in [2.75, 3.05) is 6.61 Å². The summed E-state index contributed by atoms with van der Waals surface area (Å²) in [5.41, 5.74) is 1.71. The van der Waals surface area contributed by atoms with Gasteiger partial charge in [0.15, 0.2) is 12.3 Å². The van der Waals surface area contributed by atoms with Gasteiger partial charge in [-0.25, -0.2) is 14.5 Å². The van der Waals surface area contributed by atoms with Crippen LogP contribution >= 0.6 is 11.3 Å². The summed E-state index contributed by atoms with van der Waals surface area (Å²) in [5, 5.41) is 15.4. The molecule has 0 unspecified atom stereocenters. The van der Waals surface area contributed by atoms with E-state index in [2.05, 4.69) is 10.1 Å². The number of fused-ring (bicyclic) bond motifs is 1. The van der Waals surface area contributed by atoms with Crippen LogP contribution in [0.5, 0.6) is 0 Å². The molecule has 22 heavy (non-hydrogen) atoms. The third-order valence-electron chi connectivity index (χ3n) is 3.17. The lowest BCUT2D eigenvalue weighted by atomic mass is 10.1. The number of hydrogen-bond donors (Lipinski definition) is 0. The number of pyridine rings is 1. The Bertz CT molecular complexity index is 862. The van der Waals surface area contributed by atoms with E-state index in [0.717, 1.165) is 4.88 Å². The first kappa shape index (κ1) is 14.2. The quantitative estimate of drug-likeness (QED) is 0.692. The average molecular weight is 312 g/mol. The molecule has 0 bridgehead atoms. The van der Waals surface area contributed by atoms with Crippen LogP contribution in [0.4, 0.5) is 0 Å². The van der Waals surface area contributed by atoms with Crippen LogP contribution in [0.25, 0.3) is 21.6 Å². The molecule has 0 fully saturated rings. The summed E-state index contributed by atoms with van der Waals surface area (Å²) in [6.45, 7) is 2.33. The molecule has 3 rings (SSSR count). The number of hydrogen-bond acceptors (Lipinski definition) is 6. The van der Waals surface area contributed by atoms with Crippen molar-refractivity contribution in [3.63, 3.8) is 0 Å². The van der Waals surface area contributed by atoms with E-state index in [-0.39, 0.29) is 6.61 Å². The van der Waals surface area contributed by atoms with E-state index >= 15 is 0 Å². The first-order valence-corrected chi connectivity index (χ1v) is 7.57. The zero-order valence-corrected chi connectivity index (χ0v) is 12.6.